The fourth-order valence-electron chi connectivity index (χ4n) is 11.7. The monoisotopic (exact) mass is 817 g/mol. The van der Waals surface area contributed by atoms with E-state index in [-0.39, 0.29) is 28.5 Å². The standard InChI is InChI=1S/C59H56BN3/c1-56(2,3)35-25-28-39(29-26-35)63-54-41-22-15-17-23-45(41)59(10,11)51(54)44-32-37(58(7,8)9)33-49-52(44)60(63)46-34-42-40-21-16-18-24-47(40)61(38-19-13-12-14-20-38)53(42)50-43-31-36(57(4,5)6)27-30-48(43)62(49)55(46)50/h12-34H,1-11H3. The molecule has 3 aliphatic rings. The number of benzene rings is 7. The van der Waals surface area contributed by atoms with Crippen molar-refractivity contribution in [3.63, 3.8) is 0 Å². The maximum absolute atomic E-state index is 2.76. The van der Waals surface area contributed by atoms with Gasteiger partial charge >= 0.3 is 6.85 Å². The number of nitrogens with zero attached hydrogens (tertiary/aromatic N) is 3. The summed E-state index contributed by atoms with van der Waals surface area (Å²) in [5, 5.41) is 5.21. The largest absolute Gasteiger partial charge is 0.376 e. The first-order chi connectivity index (χ1) is 29.9. The van der Waals surface area contributed by atoms with E-state index in [1.807, 2.05) is 0 Å². The maximum Gasteiger partial charge on any atom is 0.333 e. The van der Waals surface area contributed by atoms with Crippen LogP contribution in [-0.4, -0.2) is 16.0 Å². The number of aromatic nitrogens is 2. The molecule has 0 amide bonds. The fraction of sp³-hybridized carbons (Fsp3) is 0.254. The van der Waals surface area contributed by atoms with E-state index >= 15 is 0 Å². The third kappa shape index (κ3) is 5.15. The fourth-order valence-corrected chi connectivity index (χ4v) is 11.7. The molecule has 0 saturated heterocycles. The maximum atomic E-state index is 2.76. The summed E-state index contributed by atoms with van der Waals surface area (Å²) >= 11 is 0. The summed E-state index contributed by atoms with van der Waals surface area (Å²) in [5.74, 6) is 0. The van der Waals surface area contributed by atoms with E-state index in [4.69, 9.17) is 0 Å². The van der Waals surface area contributed by atoms with Gasteiger partial charge in [-0.3, -0.25) is 0 Å². The summed E-state index contributed by atoms with van der Waals surface area (Å²) < 4.78 is 5.23. The Morgan fingerprint density at radius 2 is 1.11 bits per heavy atom. The van der Waals surface area contributed by atoms with Crippen molar-refractivity contribution in [1.29, 1.82) is 0 Å². The minimum absolute atomic E-state index is 0.0265. The Kier molecular flexibility index (Phi) is 7.61. The molecule has 63 heavy (non-hydrogen) atoms. The van der Waals surface area contributed by atoms with Crippen LogP contribution >= 0.6 is 0 Å². The predicted octanol–water partition coefficient (Wildman–Crippen LogP) is 13.9. The van der Waals surface area contributed by atoms with Gasteiger partial charge in [-0.2, -0.15) is 0 Å². The molecule has 4 heteroatoms. The molecule has 0 bridgehead atoms. The lowest BCUT2D eigenvalue weighted by Gasteiger charge is -2.44. The molecule has 0 N–H and O–H groups in total. The number of hydrogen-bond acceptors (Lipinski definition) is 1. The van der Waals surface area contributed by atoms with Crippen LogP contribution in [0.4, 0.5) is 5.69 Å². The Labute approximate surface area is 372 Å². The van der Waals surface area contributed by atoms with Gasteiger partial charge in [-0.15, -0.1) is 0 Å². The van der Waals surface area contributed by atoms with E-state index in [9.17, 15) is 0 Å². The minimum Gasteiger partial charge on any atom is -0.376 e. The van der Waals surface area contributed by atoms with Crippen LogP contribution in [0.2, 0.25) is 0 Å². The summed E-state index contributed by atoms with van der Waals surface area (Å²) in [7, 11) is 0. The van der Waals surface area contributed by atoms with Gasteiger partial charge in [-0.1, -0.05) is 167 Å². The molecule has 9 aromatic rings. The van der Waals surface area contributed by atoms with E-state index in [0.29, 0.717) is 0 Å². The smallest absolute Gasteiger partial charge is 0.333 e. The lowest BCUT2D eigenvalue weighted by atomic mass is 9.43. The minimum atomic E-state index is -0.228. The molecule has 4 heterocycles. The SMILES string of the molecule is CC(C)(C)c1ccc(N2B3c4c(cc(C(C)(C)C)cc4-n4c5ccc(C(C)(C)C)cc5c5c4c3cc3c4ccccc4n(-c4ccccc4)c35)C3=C2c2ccccc2C3(C)C)cc1. The molecule has 2 aliphatic heterocycles. The molecule has 2 aromatic heterocycles. The molecule has 12 rings (SSSR count). The van der Waals surface area contributed by atoms with Gasteiger partial charge in [0.15, 0.2) is 0 Å². The lowest BCUT2D eigenvalue weighted by molar-refractivity contribution is 0.589. The van der Waals surface area contributed by atoms with Crippen LogP contribution in [0.3, 0.4) is 0 Å². The van der Waals surface area contributed by atoms with Crippen molar-refractivity contribution in [2.24, 2.45) is 0 Å². The first-order valence-electron chi connectivity index (χ1n) is 23.0. The Balaban J connectivity index is 1.33. The van der Waals surface area contributed by atoms with E-state index in [1.54, 1.807) is 0 Å². The zero-order chi connectivity index (χ0) is 43.7. The molecule has 310 valence electrons. The average Bonchev–Trinajstić information content (AvgIpc) is 3.85. The second-order valence-electron chi connectivity index (χ2n) is 22.3. The number of fused-ring (bicyclic) bond motifs is 12. The molecular weight excluding hydrogens is 761 g/mol. The van der Waals surface area contributed by atoms with Crippen LogP contribution in [0, 0.1) is 0 Å². The molecule has 0 saturated carbocycles. The van der Waals surface area contributed by atoms with E-state index < -0.39 is 0 Å². The van der Waals surface area contributed by atoms with Crippen LogP contribution in [0.15, 0.2) is 140 Å². The van der Waals surface area contributed by atoms with E-state index in [2.05, 4.69) is 230 Å². The highest BCUT2D eigenvalue weighted by molar-refractivity contribution is 6.94. The third-order valence-electron chi connectivity index (χ3n) is 14.9. The Morgan fingerprint density at radius 3 is 1.83 bits per heavy atom. The van der Waals surface area contributed by atoms with Crippen molar-refractivity contribution in [3.05, 3.63) is 173 Å². The lowest BCUT2D eigenvalue weighted by Crippen LogP contribution is -2.62. The van der Waals surface area contributed by atoms with Gasteiger partial charge in [0, 0.05) is 55.3 Å². The van der Waals surface area contributed by atoms with Gasteiger partial charge < -0.3 is 13.9 Å². The van der Waals surface area contributed by atoms with Gasteiger partial charge in [-0.25, -0.2) is 0 Å². The first-order valence-corrected chi connectivity index (χ1v) is 23.0. The van der Waals surface area contributed by atoms with Gasteiger partial charge in [0.05, 0.1) is 22.1 Å². The highest BCUT2D eigenvalue weighted by Gasteiger charge is 2.52. The number of anilines is 1. The number of rotatable bonds is 2. The van der Waals surface area contributed by atoms with Gasteiger partial charge in [0.25, 0.3) is 0 Å². The van der Waals surface area contributed by atoms with Crippen LogP contribution < -0.4 is 15.7 Å². The molecule has 0 radical (unpaired) electrons. The molecule has 0 fully saturated rings. The van der Waals surface area contributed by atoms with Crippen LogP contribution in [0.25, 0.3) is 66.3 Å². The number of hydrogen-bond donors (Lipinski definition) is 0. The Bertz CT molecular complexity index is 3460. The third-order valence-corrected chi connectivity index (χ3v) is 14.9. The predicted molar refractivity (Wildman–Crippen MR) is 271 cm³/mol. The molecular formula is C59H56BN3. The number of para-hydroxylation sites is 2. The van der Waals surface area contributed by atoms with E-state index in [1.165, 1.54) is 116 Å². The molecule has 0 spiro atoms. The zero-order valence-corrected chi connectivity index (χ0v) is 38.7. The Hall–Kier alpha value is -6.26. The normalized spacial score (nSPS) is 15.5. The van der Waals surface area contributed by atoms with E-state index in [0.717, 1.165) is 0 Å². The Morgan fingerprint density at radius 1 is 0.476 bits per heavy atom. The van der Waals surface area contributed by atoms with Crippen LogP contribution in [0.1, 0.15) is 110 Å². The van der Waals surface area contributed by atoms with Crippen molar-refractivity contribution in [2.75, 3.05) is 4.81 Å². The van der Waals surface area contributed by atoms with Crippen molar-refractivity contribution in [2.45, 2.75) is 97.8 Å². The molecule has 0 unspecified atom stereocenters. The second kappa shape index (κ2) is 12.5. The van der Waals surface area contributed by atoms with Crippen molar-refractivity contribution in [1.82, 2.24) is 9.13 Å². The summed E-state index contributed by atoms with van der Waals surface area (Å²) in [5.41, 5.74) is 22.2. The second-order valence-corrected chi connectivity index (χ2v) is 22.3. The summed E-state index contributed by atoms with van der Waals surface area (Å²) in [6.45, 7) is 26.0. The summed E-state index contributed by atoms with van der Waals surface area (Å²) in [6, 6.07) is 54.0. The molecule has 1 aliphatic carbocycles. The van der Waals surface area contributed by atoms with Crippen molar-refractivity contribution >= 4 is 78.3 Å². The van der Waals surface area contributed by atoms with Gasteiger partial charge in [0.2, 0.25) is 0 Å². The first kappa shape index (κ1) is 38.4. The molecule has 7 aromatic carbocycles. The number of allylic oxidation sites excluding steroid dienone is 1. The summed E-state index contributed by atoms with van der Waals surface area (Å²) in [4.78, 5) is 2.76. The van der Waals surface area contributed by atoms with Gasteiger partial charge in [0.1, 0.15) is 0 Å². The average molecular weight is 818 g/mol. The molecule has 3 nitrogen and oxygen atoms in total. The highest BCUT2D eigenvalue weighted by Crippen LogP contribution is 2.56. The van der Waals surface area contributed by atoms with Crippen LogP contribution in [-0.2, 0) is 21.7 Å². The topological polar surface area (TPSA) is 13.1 Å². The quantitative estimate of drug-likeness (QED) is 0.158. The van der Waals surface area contributed by atoms with Crippen molar-refractivity contribution in [3.8, 4) is 11.4 Å². The van der Waals surface area contributed by atoms with Gasteiger partial charge in [-0.05, 0) is 109 Å². The van der Waals surface area contributed by atoms with Crippen LogP contribution in [0.5, 0.6) is 0 Å². The highest BCUT2D eigenvalue weighted by atomic mass is 15.1. The zero-order valence-electron chi connectivity index (χ0n) is 38.7. The molecule has 0 atom stereocenters. The van der Waals surface area contributed by atoms with Crippen molar-refractivity contribution < 1.29 is 0 Å². The summed E-state index contributed by atoms with van der Waals surface area (Å²) in [6.07, 6.45) is 0.